The van der Waals surface area contributed by atoms with Crippen molar-refractivity contribution in [3.63, 3.8) is 0 Å². The Kier molecular flexibility index (Phi) is 7.73. The molecule has 0 aliphatic heterocycles. The van der Waals surface area contributed by atoms with E-state index < -0.39 is 6.10 Å². The van der Waals surface area contributed by atoms with E-state index in [2.05, 4.69) is 5.32 Å². The molecule has 1 amide bonds. The maximum atomic E-state index is 12.2. The number of carbonyl (C=O) groups is 1. The molecular formula is C20H32N2O2. The molecule has 1 aromatic rings. The third-order valence-electron chi connectivity index (χ3n) is 5.29. The number of benzene rings is 1. The van der Waals surface area contributed by atoms with E-state index in [1.54, 1.807) is 7.05 Å². The summed E-state index contributed by atoms with van der Waals surface area (Å²) < 4.78 is 0. The van der Waals surface area contributed by atoms with Gasteiger partial charge in [-0.2, -0.15) is 0 Å². The first-order valence-corrected chi connectivity index (χ1v) is 9.29. The van der Waals surface area contributed by atoms with E-state index in [4.69, 9.17) is 5.73 Å². The molecular weight excluding hydrogens is 300 g/mol. The Morgan fingerprint density at radius 2 is 1.92 bits per heavy atom. The molecule has 3 atom stereocenters. The van der Waals surface area contributed by atoms with Crippen LogP contribution in [-0.2, 0) is 11.2 Å². The standard InChI is InChI=1S/C20H32N2O2/c1-22-20(24)17(12-15-8-4-2-5-9-15)14-19(23)18(21)13-16-10-6-3-7-11-16/h2,4-5,8-9,16-19,23H,3,6-7,10-14,21H2,1H3,(H,22,24)/t17-,18+,19+/m1/s1. The Hall–Kier alpha value is -1.39. The minimum atomic E-state index is -0.627. The normalized spacial score (nSPS) is 19.5. The van der Waals surface area contributed by atoms with Crippen LogP contribution in [0.15, 0.2) is 30.3 Å². The van der Waals surface area contributed by atoms with Gasteiger partial charge >= 0.3 is 0 Å². The topological polar surface area (TPSA) is 75.3 Å². The van der Waals surface area contributed by atoms with Crippen LogP contribution in [-0.4, -0.2) is 30.2 Å². The maximum absolute atomic E-state index is 12.2. The fourth-order valence-electron chi connectivity index (χ4n) is 3.82. The van der Waals surface area contributed by atoms with Gasteiger partial charge in [-0.1, -0.05) is 62.4 Å². The van der Waals surface area contributed by atoms with Crippen molar-refractivity contribution < 1.29 is 9.90 Å². The van der Waals surface area contributed by atoms with E-state index in [1.807, 2.05) is 30.3 Å². The van der Waals surface area contributed by atoms with Gasteiger partial charge in [0.2, 0.25) is 5.91 Å². The van der Waals surface area contributed by atoms with Crippen LogP contribution >= 0.6 is 0 Å². The summed E-state index contributed by atoms with van der Waals surface area (Å²) in [5.41, 5.74) is 7.36. The molecule has 4 N–H and O–H groups in total. The second-order valence-electron chi connectivity index (χ2n) is 7.21. The summed E-state index contributed by atoms with van der Waals surface area (Å²) >= 11 is 0. The number of nitrogens with one attached hydrogen (secondary N) is 1. The summed E-state index contributed by atoms with van der Waals surface area (Å²) in [5, 5.41) is 13.3. The minimum Gasteiger partial charge on any atom is -0.391 e. The van der Waals surface area contributed by atoms with E-state index in [9.17, 15) is 9.90 Å². The van der Waals surface area contributed by atoms with Gasteiger partial charge in [0, 0.05) is 19.0 Å². The van der Waals surface area contributed by atoms with Crippen LogP contribution in [0.25, 0.3) is 0 Å². The summed E-state index contributed by atoms with van der Waals surface area (Å²) in [6.45, 7) is 0. The molecule has 1 aromatic carbocycles. The summed E-state index contributed by atoms with van der Waals surface area (Å²) in [6, 6.07) is 9.71. The first-order chi connectivity index (χ1) is 11.6. The van der Waals surface area contributed by atoms with Crippen molar-refractivity contribution in [3.05, 3.63) is 35.9 Å². The molecule has 0 spiro atoms. The van der Waals surface area contributed by atoms with Crippen LogP contribution in [0.3, 0.4) is 0 Å². The SMILES string of the molecule is CNC(=O)[C@H](Cc1ccccc1)C[C@H](O)[C@@H](N)CC1CCCCC1. The van der Waals surface area contributed by atoms with Gasteiger partial charge in [0.05, 0.1) is 6.10 Å². The molecule has 1 aliphatic rings. The lowest BCUT2D eigenvalue weighted by Crippen LogP contribution is -2.41. The Bertz CT molecular complexity index is 486. The molecule has 2 rings (SSSR count). The van der Waals surface area contributed by atoms with Crippen molar-refractivity contribution >= 4 is 5.91 Å². The number of hydrogen-bond donors (Lipinski definition) is 3. The van der Waals surface area contributed by atoms with E-state index in [1.165, 1.54) is 32.1 Å². The summed E-state index contributed by atoms with van der Waals surface area (Å²) in [6.07, 6.45) is 7.63. The molecule has 0 heterocycles. The number of rotatable bonds is 8. The van der Waals surface area contributed by atoms with Gasteiger partial charge in [0.1, 0.15) is 0 Å². The van der Waals surface area contributed by atoms with E-state index in [0.29, 0.717) is 18.8 Å². The first kappa shape index (κ1) is 18.9. The average Bonchev–Trinajstić information content (AvgIpc) is 2.62. The summed E-state index contributed by atoms with van der Waals surface area (Å²) in [7, 11) is 1.65. The first-order valence-electron chi connectivity index (χ1n) is 9.29. The van der Waals surface area contributed by atoms with E-state index in [0.717, 1.165) is 12.0 Å². The van der Waals surface area contributed by atoms with Crippen molar-refractivity contribution in [1.82, 2.24) is 5.32 Å². The van der Waals surface area contributed by atoms with Crippen LogP contribution in [0.2, 0.25) is 0 Å². The van der Waals surface area contributed by atoms with Crippen molar-refractivity contribution in [2.24, 2.45) is 17.6 Å². The van der Waals surface area contributed by atoms with Gasteiger partial charge in [-0.3, -0.25) is 4.79 Å². The zero-order chi connectivity index (χ0) is 17.4. The predicted octanol–water partition coefficient (Wildman–Crippen LogP) is 2.64. The number of nitrogens with two attached hydrogens (primary N) is 1. The van der Waals surface area contributed by atoms with Crippen molar-refractivity contribution in [2.75, 3.05) is 7.05 Å². The highest BCUT2D eigenvalue weighted by Gasteiger charge is 2.27. The second-order valence-corrected chi connectivity index (χ2v) is 7.21. The largest absolute Gasteiger partial charge is 0.391 e. The highest BCUT2D eigenvalue weighted by atomic mass is 16.3. The predicted molar refractivity (Wildman–Crippen MR) is 97.5 cm³/mol. The van der Waals surface area contributed by atoms with Crippen molar-refractivity contribution in [2.45, 2.75) is 63.5 Å². The van der Waals surface area contributed by atoms with Gasteiger partial charge in [0.15, 0.2) is 0 Å². The molecule has 1 saturated carbocycles. The lowest BCUT2D eigenvalue weighted by atomic mass is 9.82. The van der Waals surface area contributed by atoms with Crippen molar-refractivity contribution in [1.29, 1.82) is 0 Å². The smallest absolute Gasteiger partial charge is 0.223 e. The van der Waals surface area contributed by atoms with Gasteiger partial charge in [0.25, 0.3) is 0 Å². The third kappa shape index (κ3) is 5.91. The number of aliphatic hydroxyl groups is 1. The lowest BCUT2D eigenvalue weighted by molar-refractivity contribution is -0.125. The van der Waals surface area contributed by atoms with Crippen LogP contribution in [0.5, 0.6) is 0 Å². The van der Waals surface area contributed by atoms with E-state index in [-0.39, 0.29) is 17.9 Å². The zero-order valence-corrected chi connectivity index (χ0v) is 14.8. The molecule has 0 bridgehead atoms. The maximum Gasteiger partial charge on any atom is 0.223 e. The summed E-state index contributed by atoms with van der Waals surface area (Å²) in [5.74, 6) is 0.364. The number of amides is 1. The molecule has 4 nitrogen and oxygen atoms in total. The fraction of sp³-hybridized carbons (Fsp3) is 0.650. The Balaban J connectivity index is 1.90. The third-order valence-corrected chi connectivity index (χ3v) is 5.29. The monoisotopic (exact) mass is 332 g/mol. The number of aliphatic hydroxyl groups excluding tert-OH is 1. The van der Waals surface area contributed by atoms with Gasteiger partial charge in [-0.15, -0.1) is 0 Å². The molecule has 0 radical (unpaired) electrons. The molecule has 1 fully saturated rings. The molecule has 0 aromatic heterocycles. The lowest BCUT2D eigenvalue weighted by Gasteiger charge is -2.28. The average molecular weight is 332 g/mol. The number of carbonyl (C=O) groups excluding carboxylic acids is 1. The quantitative estimate of drug-likeness (QED) is 0.685. The Morgan fingerprint density at radius 1 is 1.25 bits per heavy atom. The minimum absolute atomic E-state index is 0.0252. The Labute approximate surface area is 145 Å². The highest BCUT2D eigenvalue weighted by molar-refractivity contribution is 5.78. The fourth-order valence-corrected chi connectivity index (χ4v) is 3.82. The van der Waals surface area contributed by atoms with Gasteiger partial charge in [-0.05, 0) is 30.7 Å². The summed E-state index contributed by atoms with van der Waals surface area (Å²) in [4.78, 5) is 12.2. The van der Waals surface area contributed by atoms with Crippen LogP contribution < -0.4 is 11.1 Å². The van der Waals surface area contributed by atoms with Crippen LogP contribution in [0.1, 0.15) is 50.5 Å². The highest BCUT2D eigenvalue weighted by Crippen LogP contribution is 2.28. The van der Waals surface area contributed by atoms with E-state index >= 15 is 0 Å². The molecule has 134 valence electrons. The molecule has 1 aliphatic carbocycles. The van der Waals surface area contributed by atoms with Crippen LogP contribution in [0.4, 0.5) is 0 Å². The van der Waals surface area contributed by atoms with Crippen LogP contribution in [0, 0.1) is 11.8 Å². The second kappa shape index (κ2) is 9.80. The van der Waals surface area contributed by atoms with Gasteiger partial charge < -0.3 is 16.2 Å². The molecule has 0 unspecified atom stereocenters. The zero-order valence-electron chi connectivity index (χ0n) is 14.8. The number of hydrogen-bond acceptors (Lipinski definition) is 3. The molecule has 24 heavy (non-hydrogen) atoms. The Morgan fingerprint density at radius 3 is 2.54 bits per heavy atom. The molecule has 4 heteroatoms. The van der Waals surface area contributed by atoms with Crippen molar-refractivity contribution in [3.8, 4) is 0 Å². The molecule has 0 saturated heterocycles. The van der Waals surface area contributed by atoms with Gasteiger partial charge in [-0.25, -0.2) is 0 Å².